The number of carbonyl (C=O) groups excluding carboxylic acids is 2. The minimum absolute atomic E-state index is 0.0983. The van der Waals surface area contributed by atoms with Crippen molar-refractivity contribution < 1.29 is 9.59 Å². The van der Waals surface area contributed by atoms with Gasteiger partial charge in [-0.3, -0.25) is 14.5 Å². The second kappa shape index (κ2) is 8.06. The lowest BCUT2D eigenvalue weighted by Gasteiger charge is -2.34. The molecule has 1 aromatic heterocycles. The van der Waals surface area contributed by atoms with E-state index in [2.05, 4.69) is 17.2 Å². The zero-order chi connectivity index (χ0) is 16.8. The zero-order valence-electron chi connectivity index (χ0n) is 14.2. The van der Waals surface area contributed by atoms with Crippen molar-refractivity contribution in [3.63, 3.8) is 0 Å². The number of hydrogen-bond donors (Lipinski definition) is 1. The molecular weight excluding hydrogens is 292 g/mol. The molecule has 1 aliphatic rings. The lowest BCUT2D eigenvalue weighted by Crippen LogP contribution is -2.47. The molecule has 1 unspecified atom stereocenters. The van der Waals surface area contributed by atoms with E-state index in [1.165, 1.54) is 6.42 Å². The Kier molecular flexibility index (Phi) is 6.10. The van der Waals surface area contributed by atoms with Gasteiger partial charge in [-0.05, 0) is 57.9 Å². The average Bonchev–Trinajstić information content (AvgIpc) is 2.47. The van der Waals surface area contributed by atoms with Gasteiger partial charge >= 0.3 is 0 Å². The largest absolute Gasteiger partial charge is 0.339 e. The molecule has 6 nitrogen and oxygen atoms in total. The van der Waals surface area contributed by atoms with E-state index in [9.17, 15) is 9.59 Å². The molecule has 1 aromatic rings. The van der Waals surface area contributed by atoms with E-state index >= 15 is 0 Å². The molecule has 0 aromatic carbocycles. The van der Waals surface area contributed by atoms with E-state index in [0.29, 0.717) is 11.9 Å². The molecule has 1 N–H and O–H groups in total. The molecule has 0 bridgehead atoms. The molecule has 1 atom stereocenters. The van der Waals surface area contributed by atoms with Crippen molar-refractivity contribution in [1.82, 2.24) is 14.8 Å². The van der Waals surface area contributed by atoms with Gasteiger partial charge < -0.3 is 10.2 Å². The fraction of sp³-hybridized carbons (Fsp3) is 0.588. The SMILES string of the molecule is Cc1ccnc(NC(=O)CN(C)CC(=O)N2CCCCC2C)c1. The molecule has 0 spiro atoms. The minimum atomic E-state index is -0.162. The first-order chi connectivity index (χ1) is 11.0. The average molecular weight is 318 g/mol. The van der Waals surface area contributed by atoms with Gasteiger partial charge in [0, 0.05) is 18.8 Å². The number of nitrogens with zero attached hydrogens (tertiary/aromatic N) is 3. The van der Waals surface area contributed by atoms with Crippen molar-refractivity contribution in [1.29, 1.82) is 0 Å². The van der Waals surface area contributed by atoms with Crippen molar-refractivity contribution in [3.05, 3.63) is 23.9 Å². The van der Waals surface area contributed by atoms with Crippen molar-refractivity contribution in [3.8, 4) is 0 Å². The van der Waals surface area contributed by atoms with Crippen LogP contribution < -0.4 is 5.32 Å². The summed E-state index contributed by atoms with van der Waals surface area (Å²) < 4.78 is 0. The molecule has 2 heterocycles. The summed E-state index contributed by atoms with van der Waals surface area (Å²) in [6, 6.07) is 3.99. The molecule has 2 rings (SSSR count). The van der Waals surface area contributed by atoms with Crippen molar-refractivity contribution >= 4 is 17.6 Å². The van der Waals surface area contributed by atoms with Gasteiger partial charge in [0.1, 0.15) is 5.82 Å². The highest BCUT2D eigenvalue weighted by Gasteiger charge is 2.24. The second-order valence-electron chi connectivity index (χ2n) is 6.37. The first-order valence-corrected chi connectivity index (χ1v) is 8.16. The first-order valence-electron chi connectivity index (χ1n) is 8.16. The van der Waals surface area contributed by atoms with E-state index in [1.807, 2.05) is 24.0 Å². The van der Waals surface area contributed by atoms with Gasteiger partial charge in [-0.2, -0.15) is 0 Å². The molecule has 6 heteroatoms. The van der Waals surface area contributed by atoms with Crippen molar-refractivity contribution in [2.45, 2.75) is 39.2 Å². The van der Waals surface area contributed by atoms with Crippen molar-refractivity contribution in [2.24, 2.45) is 0 Å². The number of anilines is 1. The molecule has 23 heavy (non-hydrogen) atoms. The number of pyridine rings is 1. The number of aromatic nitrogens is 1. The van der Waals surface area contributed by atoms with Gasteiger partial charge in [0.05, 0.1) is 13.1 Å². The van der Waals surface area contributed by atoms with E-state index in [4.69, 9.17) is 0 Å². The van der Waals surface area contributed by atoms with E-state index in [0.717, 1.165) is 24.9 Å². The smallest absolute Gasteiger partial charge is 0.239 e. The quantitative estimate of drug-likeness (QED) is 0.897. The van der Waals surface area contributed by atoms with Crippen LogP contribution in [0.3, 0.4) is 0 Å². The number of likely N-dealkylation sites (N-methyl/N-ethyl adjacent to an activating group) is 1. The Morgan fingerprint density at radius 1 is 1.39 bits per heavy atom. The molecule has 1 aliphatic heterocycles. The summed E-state index contributed by atoms with van der Waals surface area (Å²) in [7, 11) is 1.79. The standard InChI is InChI=1S/C17H26N4O2/c1-13-7-8-18-15(10-13)19-16(22)11-20(3)12-17(23)21-9-5-4-6-14(21)2/h7-8,10,14H,4-6,9,11-12H2,1-3H3,(H,18,19,22). The molecule has 2 amide bonds. The van der Waals surface area contributed by atoms with Crippen LogP contribution in [0.2, 0.25) is 0 Å². The van der Waals surface area contributed by atoms with Gasteiger partial charge in [0.25, 0.3) is 0 Å². The third kappa shape index (κ3) is 5.32. The zero-order valence-corrected chi connectivity index (χ0v) is 14.2. The number of amides is 2. The molecule has 126 valence electrons. The fourth-order valence-corrected chi connectivity index (χ4v) is 2.88. The van der Waals surface area contributed by atoms with Gasteiger partial charge in [-0.1, -0.05) is 0 Å². The summed E-state index contributed by atoms with van der Waals surface area (Å²) in [6.07, 6.45) is 4.98. The van der Waals surface area contributed by atoms with E-state index in [-0.39, 0.29) is 24.9 Å². The van der Waals surface area contributed by atoms with Crippen LogP contribution >= 0.6 is 0 Å². The lowest BCUT2D eigenvalue weighted by molar-refractivity contribution is -0.135. The van der Waals surface area contributed by atoms with E-state index in [1.54, 1.807) is 18.1 Å². The van der Waals surface area contributed by atoms with Crippen LogP contribution in [0.15, 0.2) is 18.3 Å². The highest BCUT2D eigenvalue weighted by molar-refractivity contribution is 5.91. The summed E-state index contributed by atoms with van der Waals surface area (Å²) in [5, 5.41) is 2.76. The topological polar surface area (TPSA) is 65.5 Å². The Bertz CT molecular complexity index is 561. The summed E-state index contributed by atoms with van der Waals surface area (Å²) in [5.74, 6) is 0.477. The molecule has 0 saturated carbocycles. The first kappa shape index (κ1) is 17.4. The second-order valence-corrected chi connectivity index (χ2v) is 6.37. The number of rotatable bonds is 5. The Labute approximate surface area is 137 Å². The molecule has 0 radical (unpaired) electrons. The van der Waals surface area contributed by atoms with Crippen LogP contribution in [0.4, 0.5) is 5.82 Å². The summed E-state index contributed by atoms with van der Waals surface area (Å²) in [5.41, 5.74) is 1.04. The maximum atomic E-state index is 12.3. The third-order valence-electron chi connectivity index (χ3n) is 4.12. The van der Waals surface area contributed by atoms with Gasteiger partial charge in [-0.25, -0.2) is 4.98 Å². The molecule has 1 fully saturated rings. The molecule has 0 aliphatic carbocycles. The predicted octanol–water partition coefficient (Wildman–Crippen LogP) is 1.66. The number of hydrogen-bond acceptors (Lipinski definition) is 4. The highest BCUT2D eigenvalue weighted by Crippen LogP contribution is 2.16. The summed E-state index contributed by atoms with van der Waals surface area (Å²) in [4.78, 5) is 32.2. The summed E-state index contributed by atoms with van der Waals surface area (Å²) >= 11 is 0. The molecule has 1 saturated heterocycles. The number of aryl methyl sites for hydroxylation is 1. The summed E-state index contributed by atoms with van der Waals surface area (Å²) in [6.45, 7) is 5.30. The van der Waals surface area contributed by atoms with Crippen LogP contribution in [0.25, 0.3) is 0 Å². The number of likely N-dealkylation sites (tertiary alicyclic amines) is 1. The normalized spacial score (nSPS) is 18.1. The maximum Gasteiger partial charge on any atom is 0.239 e. The maximum absolute atomic E-state index is 12.3. The number of piperidine rings is 1. The van der Waals surface area contributed by atoms with Crippen LogP contribution in [0.1, 0.15) is 31.7 Å². The van der Waals surface area contributed by atoms with Crippen LogP contribution in [-0.4, -0.2) is 59.3 Å². The minimum Gasteiger partial charge on any atom is -0.339 e. The lowest BCUT2D eigenvalue weighted by atomic mass is 10.0. The highest BCUT2D eigenvalue weighted by atomic mass is 16.2. The van der Waals surface area contributed by atoms with Crippen molar-refractivity contribution in [2.75, 3.05) is 32.0 Å². The van der Waals surface area contributed by atoms with Gasteiger partial charge in [-0.15, -0.1) is 0 Å². The Balaban J connectivity index is 1.80. The third-order valence-corrected chi connectivity index (χ3v) is 4.12. The Hall–Kier alpha value is -1.95. The number of carbonyl (C=O) groups is 2. The number of nitrogens with one attached hydrogen (secondary N) is 1. The Morgan fingerprint density at radius 2 is 2.17 bits per heavy atom. The van der Waals surface area contributed by atoms with Crippen LogP contribution in [0, 0.1) is 6.92 Å². The van der Waals surface area contributed by atoms with Crippen LogP contribution in [0.5, 0.6) is 0 Å². The Morgan fingerprint density at radius 3 is 2.87 bits per heavy atom. The predicted molar refractivity (Wildman–Crippen MR) is 90.1 cm³/mol. The van der Waals surface area contributed by atoms with Crippen LogP contribution in [-0.2, 0) is 9.59 Å². The molecular formula is C17H26N4O2. The van der Waals surface area contributed by atoms with E-state index < -0.39 is 0 Å². The van der Waals surface area contributed by atoms with Gasteiger partial charge in [0.15, 0.2) is 0 Å². The fourth-order valence-electron chi connectivity index (χ4n) is 2.88. The van der Waals surface area contributed by atoms with Gasteiger partial charge in [0.2, 0.25) is 11.8 Å². The monoisotopic (exact) mass is 318 g/mol.